The standard InChI is InChI=1S/C13H8BrCl2N3/c14-8-1-2-10(9(15)7-8)18-11-3-5-19-6-4-17-13(19)12(11)16/h1-7,18H. The Balaban J connectivity index is 2.03. The van der Waals surface area contributed by atoms with Crippen LogP contribution in [0.3, 0.4) is 0 Å². The predicted molar refractivity (Wildman–Crippen MR) is 82.6 cm³/mol. The topological polar surface area (TPSA) is 29.3 Å². The molecule has 0 aliphatic carbocycles. The van der Waals surface area contributed by atoms with Crippen molar-refractivity contribution in [1.29, 1.82) is 0 Å². The number of fused-ring (bicyclic) bond motifs is 1. The van der Waals surface area contributed by atoms with Crippen molar-refractivity contribution in [1.82, 2.24) is 9.38 Å². The molecule has 0 unspecified atom stereocenters. The van der Waals surface area contributed by atoms with E-state index in [1.165, 1.54) is 0 Å². The number of aromatic nitrogens is 2. The van der Waals surface area contributed by atoms with Crippen LogP contribution >= 0.6 is 39.1 Å². The van der Waals surface area contributed by atoms with Gasteiger partial charge in [0.25, 0.3) is 0 Å². The molecule has 0 amide bonds. The van der Waals surface area contributed by atoms with Crippen LogP contribution in [0, 0.1) is 0 Å². The Labute approximate surface area is 128 Å². The summed E-state index contributed by atoms with van der Waals surface area (Å²) in [6, 6.07) is 7.51. The third-order valence-corrected chi connectivity index (χ3v) is 3.88. The van der Waals surface area contributed by atoms with Crippen LogP contribution in [0.15, 0.2) is 47.3 Å². The SMILES string of the molecule is Clc1cc(Br)ccc1Nc1ccn2ccnc2c1Cl. The number of nitrogens with zero attached hydrogens (tertiary/aromatic N) is 2. The number of benzene rings is 1. The van der Waals surface area contributed by atoms with Gasteiger partial charge in [-0.3, -0.25) is 0 Å². The molecule has 0 saturated carbocycles. The second kappa shape index (κ2) is 5.04. The first-order valence-corrected chi connectivity index (χ1v) is 7.03. The van der Waals surface area contributed by atoms with Gasteiger partial charge in [-0.25, -0.2) is 4.98 Å². The Hall–Kier alpha value is -1.23. The van der Waals surface area contributed by atoms with Crippen LogP contribution in [0.25, 0.3) is 5.65 Å². The maximum atomic E-state index is 6.32. The van der Waals surface area contributed by atoms with E-state index in [2.05, 4.69) is 26.2 Å². The minimum atomic E-state index is 0.562. The van der Waals surface area contributed by atoms with Crippen LogP contribution in [0.2, 0.25) is 10.0 Å². The molecule has 0 bridgehead atoms. The fourth-order valence-electron chi connectivity index (χ4n) is 1.78. The summed E-state index contributed by atoms with van der Waals surface area (Å²) in [6.07, 6.45) is 5.44. The highest BCUT2D eigenvalue weighted by Crippen LogP contribution is 2.32. The van der Waals surface area contributed by atoms with Gasteiger partial charge in [-0.2, -0.15) is 0 Å². The van der Waals surface area contributed by atoms with Gasteiger partial charge >= 0.3 is 0 Å². The second-order valence-electron chi connectivity index (χ2n) is 3.95. The molecule has 0 radical (unpaired) electrons. The summed E-state index contributed by atoms with van der Waals surface area (Å²) in [5.41, 5.74) is 2.27. The van der Waals surface area contributed by atoms with Gasteiger partial charge < -0.3 is 9.72 Å². The zero-order chi connectivity index (χ0) is 13.4. The maximum absolute atomic E-state index is 6.32. The van der Waals surface area contributed by atoms with E-state index >= 15 is 0 Å². The van der Waals surface area contributed by atoms with Crippen molar-refractivity contribution in [2.24, 2.45) is 0 Å². The van der Waals surface area contributed by atoms with Crippen molar-refractivity contribution in [3.05, 3.63) is 57.4 Å². The molecule has 0 spiro atoms. The molecule has 0 atom stereocenters. The zero-order valence-electron chi connectivity index (χ0n) is 9.57. The monoisotopic (exact) mass is 355 g/mol. The second-order valence-corrected chi connectivity index (χ2v) is 5.65. The van der Waals surface area contributed by atoms with Gasteiger partial charge in [0.1, 0.15) is 5.02 Å². The Morgan fingerprint density at radius 1 is 1.11 bits per heavy atom. The first-order valence-electron chi connectivity index (χ1n) is 5.48. The summed E-state index contributed by atoms with van der Waals surface area (Å²) in [5, 5.41) is 4.39. The molecule has 0 fully saturated rings. The molecule has 6 heteroatoms. The smallest absolute Gasteiger partial charge is 0.157 e. The summed E-state index contributed by atoms with van der Waals surface area (Å²) in [7, 11) is 0. The summed E-state index contributed by atoms with van der Waals surface area (Å²) < 4.78 is 2.79. The van der Waals surface area contributed by atoms with E-state index in [1.54, 1.807) is 6.20 Å². The maximum Gasteiger partial charge on any atom is 0.157 e. The molecule has 1 N–H and O–H groups in total. The molecule has 3 aromatic rings. The van der Waals surface area contributed by atoms with Crippen molar-refractivity contribution >= 4 is 56.2 Å². The molecule has 0 aliphatic rings. The van der Waals surface area contributed by atoms with Crippen molar-refractivity contribution in [2.45, 2.75) is 0 Å². The lowest BCUT2D eigenvalue weighted by Crippen LogP contribution is -1.95. The van der Waals surface area contributed by atoms with Gasteiger partial charge in [0.2, 0.25) is 0 Å². The lowest BCUT2D eigenvalue weighted by Gasteiger charge is -2.11. The van der Waals surface area contributed by atoms with Crippen LogP contribution in [0.1, 0.15) is 0 Å². The van der Waals surface area contributed by atoms with Crippen molar-refractivity contribution in [2.75, 3.05) is 5.32 Å². The highest BCUT2D eigenvalue weighted by molar-refractivity contribution is 9.10. The number of hydrogen-bond donors (Lipinski definition) is 1. The fraction of sp³-hybridized carbons (Fsp3) is 0. The van der Waals surface area contributed by atoms with Crippen LogP contribution in [-0.4, -0.2) is 9.38 Å². The molecule has 0 saturated heterocycles. The molecule has 3 nitrogen and oxygen atoms in total. The molecule has 0 aliphatic heterocycles. The Bertz CT molecular complexity index is 755. The number of halogens is 3. The quantitative estimate of drug-likeness (QED) is 0.688. The number of pyridine rings is 1. The van der Waals surface area contributed by atoms with Gasteiger partial charge in [0.15, 0.2) is 5.65 Å². The average Bonchev–Trinajstić information content (AvgIpc) is 2.85. The normalized spacial score (nSPS) is 10.9. The highest BCUT2D eigenvalue weighted by Gasteiger charge is 2.08. The number of anilines is 2. The Morgan fingerprint density at radius 2 is 1.95 bits per heavy atom. The summed E-state index contributed by atoms with van der Waals surface area (Å²) in [5.74, 6) is 0. The van der Waals surface area contributed by atoms with Gasteiger partial charge in [-0.15, -0.1) is 0 Å². The molecule has 1 aromatic carbocycles. The number of rotatable bonds is 2. The largest absolute Gasteiger partial charge is 0.353 e. The fourth-order valence-corrected chi connectivity index (χ4v) is 2.76. The van der Waals surface area contributed by atoms with Crippen molar-refractivity contribution in [3.8, 4) is 0 Å². The van der Waals surface area contributed by atoms with E-state index in [-0.39, 0.29) is 0 Å². The molecular weight excluding hydrogens is 349 g/mol. The van der Waals surface area contributed by atoms with E-state index in [9.17, 15) is 0 Å². The molecule has 96 valence electrons. The van der Waals surface area contributed by atoms with Crippen LogP contribution in [0.5, 0.6) is 0 Å². The van der Waals surface area contributed by atoms with E-state index in [1.807, 2.05) is 41.1 Å². The van der Waals surface area contributed by atoms with Crippen molar-refractivity contribution < 1.29 is 0 Å². The first-order chi connectivity index (χ1) is 9.15. The third kappa shape index (κ3) is 2.43. The van der Waals surface area contributed by atoms with Gasteiger partial charge in [-0.1, -0.05) is 39.1 Å². The van der Waals surface area contributed by atoms with Crippen LogP contribution in [0.4, 0.5) is 11.4 Å². The van der Waals surface area contributed by atoms with Crippen LogP contribution < -0.4 is 5.32 Å². The summed E-state index contributed by atoms with van der Waals surface area (Å²) in [6.45, 7) is 0. The summed E-state index contributed by atoms with van der Waals surface area (Å²) in [4.78, 5) is 4.21. The van der Waals surface area contributed by atoms with E-state index in [0.29, 0.717) is 15.7 Å². The van der Waals surface area contributed by atoms with Crippen LogP contribution in [-0.2, 0) is 0 Å². The van der Waals surface area contributed by atoms with E-state index in [4.69, 9.17) is 23.2 Å². The minimum Gasteiger partial charge on any atom is -0.353 e. The van der Waals surface area contributed by atoms with Gasteiger partial charge in [0.05, 0.1) is 16.4 Å². The van der Waals surface area contributed by atoms with E-state index in [0.717, 1.165) is 15.8 Å². The number of imidazole rings is 1. The molecule has 2 heterocycles. The minimum absolute atomic E-state index is 0.562. The number of nitrogens with one attached hydrogen (secondary N) is 1. The molecule has 19 heavy (non-hydrogen) atoms. The average molecular weight is 357 g/mol. The van der Waals surface area contributed by atoms with E-state index < -0.39 is 0 Å². The Morgan fingerprint density at radius 3 is 2.74 bits per heavy atom. The lowest BCUT2D eigenvalue weighted by atomic mass is 10.3. The van der Waals surface area contributed by atoms with Crippen molar-refractivity contribution in [3.63, 3.8) is 0 Å². The first kappa shape index (κ1) is 12.8. The highest BCUT2D eigenvalue weighted by atomic mass is 79.9. The van der Waals surface area contributed by atoms with Gasteiger partial charge in [-0.05, 0) is 24.3 Å². The number of hydrogen-bond acceptors (Lipinski definition) is 2. The van der Waals surface area contributed by atoms with Gasteiger partial charge in [0, 0.05) is 23.1 Å². The zero-order valence-corrected chi connectivity index (χ0v) is 12.7. The predicted octanol–water partition coefficient (Wildman–Crippen LogP) is 5.15. The molecular formula is C13H8BrCl2N3. The summed E-state index contributed by atoms with van der Waals surface area (Å²) >= 11 is 15.9. The third-order valence-electron chi connectivity index (χ3n) is 2.70. The lowest BCUT2D eigenvalue weighted by molar-refractivity contribution is 1.19. The Kier molecular flexibility index (Phi) is 3.39. The molecule has 3 rings (SSSR count). The molecule has 2 aromatic heterocycles.